The van der Waals surface area contributed by atoms with Crippen molar-refractivity contribution in [3.8, 4) is 0 Å². The molecule has 2 aliphatic rings. The molecule has 3 atom stereocenters. The molecule has 13 heavy (non-hydrogen) atoms. The van der Waals surface area contributed by atoms with Crippen molar-refractivity contribution in [2.24, 2.45) is 5.92 Å². The van der Waals surface area contributed by atoms with Gasteiger partial charge in [-0.25, -0.2) is 0 Å². The molecule has 2 rings (SSSR count). The van der Waals surface area contributed by atoms with Crippen LogP contribution >= 0.6 is 15.9 Å². The number of piperidine rings is 1. The fraction of sp³-hybridized carbons (Fsp3) is 1.00. The molecule has 0 radical (unpaired) electrons. The summed E-state index contributed by atoms with van der Waals surface area (Å²) in [5, 5.41) is 9.87. The predicted molar refractivity (Wildman–Crippen MR) is 48.0 cm³/mol. The van der Waals surface area contributed by atoms with Crippen LogP contribution in [0.2, 0.25) is 0 Å². The Bertz CT molecular complexity index is 221. The molecule has 2 saturated heterocycles. The molecular formula is C8H12BrF2NO. The smallest absolute Gasteiger partial charge is 0.329 e. The number of nitrogens with zero attached hydrogens (tertiary/aromatic N) is 1. The molecule has 2 heterocycles. The number of rotatable bonds is 1. The first kappa shape index (κ1) is 9.80. The van der Waals surface area contributed by atoms with E-state index < -0.39 is 10.4 Å². The summed E-state index contributed by atoms with van der Waals surface area (Å²) >= 11 is 2.29. The summed E-state index contributed by atoms with van der Waals surface area (Å²) in [7, 11) is 0. The summed E-state index contributed by atoms with van der Waals surface area (Å²) in [6, 6.07) is 0. The second kappa shape index (κ2) is 2.87. The highest BCUT2D eigenvalue weighted by Gasteiger charge is 2.58. The van der Waals surface area contributed by atoms with Crippen LogP contribution in [0.15, 0.2) is 0 Å². The van der Waals surface area contributed by atoms with Gasteiger partial charge in [-0.3, -0.25) is 0 Å². The quantitative estimate of drug-likeness (QED) is 0.717. The van der Waals surface area contributed by atoms with Crippen LogP contribution in [0.5, 0.6) is 0 Å². The number of fused-ring (bicyclic) bond motifs is 2. The maximum absolute atomic E-state index is 13.1. The lowest BCUT2D eigenvalue weighted by atomic mass is 9.82. The Morgan fingerprint density at radius 1 is 1.46 bits per heavy atom. The van der Waals surface area contributed by atoms with Crippen molar-refractivity contribution in [3.63, 3.8) is 0 Å². The lowest BCUT2D eigenvalue weighted by Crippen LogP contribution is -2.55. The zero-order chi connectivity index (χ0) is 9.69. The van der Waals surface area contributed by atoms with E-state index in [2.05, 4.69) is 20.8 Å². The monoisotopic (exact) mass is 255 g/mol. The van der Waals surface area contributed by atoms with Gasteiger partial charge in [0.25, 0.3) is 0 Å². The van der Waals surface area contributed by atoms with E-state index in [9.17, 15) is 13.9 Å². The Kier molecular flexibility index (Phi) is 2.17. The first-order valence-corrected chi connectivity index (χ1v) is 5.24. The molecule has 0 aromatic carbocycles. The number of halogens is 3. The fourth-order valence-electron chi connectivity index (χ4n) is 2.33. The molecule has 0 spiro atoms. The SMILES string of the molecule is OC1(C(F)(F)Br)CCN2CCC1C2. The van der Waals surface area contributed by atoms with Crippen LogP contribution in [0, 0.1) is 5.92 Å². The summed E-state index contributed by atoms with van der Waals surface area (Å²) in [6.07, 6.45) is 0.841. The highest BCUT2D eigenvalue weighted by atomic mass is 79.9. The van der Waals surface area contributed by atoms with Gasteiger partial charge in [0, 0.05) is 19.0 Å². The molecule has 2 fully saturated rings. The maximum Gasteiger partial charge on any atom is 0.329 e. The van der Waals surface area contributed by atoms with Gasteiger partial charge in [0.05, 0.1) is 0 Å². The van der Waals surface area contributed by atoms with Crippen molar-refractivity contribution in [2.45, 2.75) is 23.3 Å². The van der Waals surface area contributed by atoms with Crippen LogP contribution in [0.25, 0.3) is 0 Å². The lowest BCUT2D eigenvalue weighted by molar-refractivity contribution is -0.162. The largest absolute Gasteiger partial charge is 0.382 e. The average molecular weight is 256 g/mol. The van der Waals surface area contributed by atoms with E-state index in [0.717, 1.165) is 6.54 Å². The molecule has 2 nitrogen and oxygen atoms in total. The van der Waals surface area contributed by atoms with E-state index in [1.807, 2.05) is 0 Å². The van der Waals surface area contributed by atoms with Crippen molar-refractivity contribution in [3.05, 3.63) is 0 Å². The maximum atomic E-state index is 13.1. The molecule has 2 bridgehead atoms. The Labute approximate surface area is 84.0 Å². The van der Waals surface area contributed by atoms with Crippen LogP contribution in [-0.4, -0.2) is 40.1 Å². The molecule has 5 heteroatoms. The standard InChI is InChI=1S/C8H12BrF2NO/c9-8(10,11)7(13)2-4-12-3-1-6(7)5-12/h6,13H,1-5H2. The number of hydrogen-bond donors (Lipinski definition) is 1. The number of aliphatic hydroxyl groups is 1. The van der Waals surface area contributed by atoms with Gasteiger partial charge in [-0.15, -0.1) is 0 Å². The van der Waals surface area contributed by atoms with E-state index in [1.165, 1.54) is 0 Å². The minimum Gasteiger partial charge on any atom is -0.382 e. The minimum atomic E-state index is -3.15. The summed E-state index contributed by atoms with van der Waals surface area (Å²) in [5.41, 5.74) is -1.83. The summed E-state index contributed by atoms with van der Waals surface area (Å²) in [6.45, 7) is 2.03. The fourth-order valence-corrected chi connectivity index (χ4v) is 2.85. The van der Waals surface area contributed by atoms with Gasteiger partial charge >= 0.3 is 4.83 Å². The third-order valence-electron chi connectivity index (χ3n) is 3.25. The lowest BCUT2D eigenvalue weighted by Gasteiger charge is -2.41. The molecule has 0 aliphatic carbocycles. The number of alkyl halides is 3. The first-order chi connectivity index (χ1) is 5.93. The Balaban J connectivity index is 2.22. The van der Waals surface area contributed by atoms with E-state index in [0.29, 0.717) is 19.5 Å². The van der Waals surface area contributed by atoms with Crippen LogP contribution in [-0.2, 0) is 0 Å². The van der Waals surface area contributed by atoms with Crippen LogP contribution in [0.3, 0.4) is 0 Å². The van der Waals surface area contributed by atoms with E-state index in [1.54, 1.807) is 0 Å². The van der Waals surface area contributed by atoms with Crippen LogP contribution in [0.1, 0.15) is 12.8 Å². The topological polar surface area (TPSA) is 23.5 Å². The molecule has 0 aromatic heterocycles. The van der Waals surface area contributed by atoms with Crippen molar-refractivity contribution >= 4 is 15.9 Å². The van der Waals surface area contributed by atoms with Gasteiger partial charge in [-0.1, -0.05) is 0 Å². The predicted octanol–water partition coefficient (Wildman–Crippen LogP) is 1.43. The first-order valence-electron chi connectivity index (χ1n) is 4.45. The Morgan fingerprint density at radius 3 is 2.77 bits per heavy atom. The third-order valence-corrected chi connectivity index (χ3v) is 3.93. The van der Waals surface area contributed by atoms with E-state index in [4.69, 9.17) is 0 Å². The van der Waals surface area contributed by atoms with Crippen LogP contribution in [0.4, 0.5) is 8.78 Å². The molecule has 0 saturated carbocycles. The van der Waals surface area contributed by atoms with Gasteiger partial charge in [0.15, 0.2) is 0 Å². The Morgan fingerprint density at radius 2 is 2.15 bits per heavy atom. The van der Waals surface area contributed by atoms with Gasteiger partial charge in [0.2, 0.25) is 0 Å². The summed E-state index contributed by atoms with van der Waals surface area (Å²) < 4.78 is 26.2. The zero-order valence-corrected chi connectivity index (χ0v) is 8.73. The van der Waals surface area contributed by atoms with E-state index in [-0.39, 0.29) is 12.3 Å². The molecule has 3 unspecified atom stereocenters. The van der Waals surface area contributed by atoms with E-state index >= 15 is 0 Å². The highest BCUT2D eigenvalue weighted by Crippen LogP contribution is 2.47. The van der Waals surface area contributed by atoms with Gasteiger partial charge in [-0.05, 0) is 35.3 Å². The van der Waals surface area contributed by atoms with Crippen LogP contribution < -0.4 is 0 Å². The molecular weight excluding hydrogens is 244 g/mol. The van der Waals surface area contributed by atoms with Gasteiger partial charge in [0.1, 0.15) is 5.60 Å². The number of hydrogen-bond acceptors (Lipinski definition) is 2. The summed E-state index contributed by atoms with van der Waals surface area (Å²) in [4.78, 5) is -1.03. The van der Waals surface area contributed by atoms with Gasteiger partial charge < -0.3 is 10.0 Å². The van der Waals surface area contributed by atoms with Crippen molar-refractivity contribution < 1.29 is 13.9 Å². The molecule has 0 aromatic rings. The molecule has 76 valence electrons. The van der Waals surface area contributed by atoms with Crippen molar-refractivity contribution in [1.29, 1.82) is 0 Å². The summed E-state index contributed by atoms with van der Waals surface area (Å²) in [5.74, 6) is -0.282. The highest BCUT2D eigenvalue weighted by molar-refractivity contribution is 9.10. The van der Waals surface area contributed by atoms with Gasteiger partial charge in [-0.2, -0.15) is 8.78 Å². The molecule has 0 amide bonds. The average Bonchev–Trinajstić information content (AvgIpc) is 2.41. The normalized spacial score (nSPS) is 45.2. The second-order valence-electron chi connectivity index (χ2n) is 3.96. The van der Waals surface area contributed by atoms with Crippen molar-refractivity contribution in [1.82, 2.24) is 4.90 Å². The molecule has 2 aliphatic heterocycles. The third kappa shape index (κ3) is 1.41. The zero-order valence-electron chi connectivity index (χ0n) is 7.14. The molecule has 1 N–H and O–H groups in total. The Hall–Kier alpha value is 0.260. The van der Waals surface area contributed by atoms with Crippen molar-refractivity contribution in [2.75, 3.05) is 19.6 Å². The second-order valence-corrected chi connectivity index (χ2v) is 4.95. The minimum absolute atomic E-state index is 0.163.